The van der Waals surface area contributed by atoms with Gasteiger partial charge >= 0.3 is 0 Å². The molecule has 0 radical (unpaired) electrons. The smallest absolute Gasteiger partial charge is 0.0981 e. The van der Waals surface area contributed by atoms with Crippen LogP contribution in [0.4, 0.5) is 0 Å². The summed E-state index contributed by atoms with van der Waals surface area (Å²) in [5.41, 5.74) is 3.43. The number of hydrogen-bond donors (Lipinski definition) is 1. The summed E-state index contributed by atoms with van der Waals surface area (Å²) in [5.74, 6) is 0.657. The molecule has 1 heteroatoms. The first-order chi connectivity index (χ1) is 9.60. The first-order valence-electron chi connectivity index (χ1n) is 7.99. The maximum Gasteiger partial charge on any atom is 0.0981 e. The van der Waals surface area contributed by atoms with Crippen molar-refractivity contribution in [1.29, 1.82) is 0 Å². The quantitative estimate of drug-likeness (QED) is 0.654. The molecule has 0 heterocycles. The first kappa shape index (κ1) is 18.0. The van der Waals surface area contributed by atoms with Gasteiger partial charge in [0.25, 0.3) is 0 Å². The molecule has 1 aliphatic carbocycles. The van der Waals surface area contributed by atoms with E-state index in [1.165, 1.54) is 23.1 Å². The van der Waals surface area contributed by atoms with Crippen LogP contribution in [0.1, 0.15) is 60.8 Å². The Labute approximate surface area is 131 Å². The highest BCUT2D eigenvalue weighted by molar-refractivity contribution is 5.35. The summed E-state index contributed by atoms with van der Waals surface area (Å²) in [6, 6.07) is 0. The van der Waals surface area contributed by atoms with E-state index in [2.05, 4.69) is 53.3 Å². The number of hydrogen-bond acceptors (Lipinski definition) is 1. The van der Waals surface area contributed by atoms with E-state index in [9.17, 15) is 5.11 Å². The van der Waals surface area contributed by atoms with E-state index in [1.54, 1.807) is 13.0 Å². The van der Waals surface area contributed by atoms with Crippen LogP contribution in [-0.4, -0.2) is 10.7 Å². The van der Waals surface area contributed by atoms with Gasteiger partial charge in [-0.1, -0.05) is 49.8 Å². The monoisotopic (exact) mass is 288 g/mol. The second-order valence-electron chi connectivity index (χ2n) is 7.43. The average Bonchev–Trinajstić information content (AvgIpc) is 2.36. The Kier molecular flexibility index (Phi) is 5.81. The standard InChI is InChI=1S/C20H32O/c1-8-20(7,21)14-13-18-16(4)10-12-17(19(18,5)6)11-9-15(2)3/h8-9,13-14,17,21H,1,10-12H2,2-7H3/b14-13+. The molecule has 0 amide bonds. The van der Waals surface area contributed by atoms with Gasteiger partial charge < -0.3 is 5.11 Å². The zero-order chi connectivity index (χ0) is 16.3. The molecular weight excluding hydrogens is 256 g/mol. The molecule has 0 saturated heterocycles. The first-order valence-corrected chi connectivity index (χ1v) is 7.99. The van der Waals surface area contributed by atoms with E-state index in [4.69, 9.17) is 0 Å². The van der Waals surface area contributed by atoms with E-state index in [0.717, 1.165) is 12.8 Å². The van der Waals surface area contributed by atoms with Crippen LogP contribution in [-0.2, 0) is 0 Å². The van der Waals surface area contributed by atoms with Gasteiger partial charge in [0, 0.05) is 0 Å². The van der Waals surface area contributed by atoms with Crippen molar-refractivity contribution < 1.29 is 5.11 Å². The summed E-state index contributed by atoms with van der Waals surface area (Å²) in [7, 11) is 0. The number of rotatable bonds is 5. The number of aliphatic hydroxyl groups is 1. The van der Waals surface area contributed by atoms with Crippen LogP contribution in [0.25, 0.3) is 0 Å². The Hall–Kier alpha value is -1.08. The Morgan fingerprint density at radius 1 is 1.43 bits per heavy atom. The van der Waals surface area contributed by atoms with Gasteiger partial charge in [-0.25, -0.2) is 0 Å². The normalized spacial score (nSPS) is 24.8. The van der Waals surface area contributed by atoms with Crippen LogP contribution in [0.15, 0.2) is 47.6 Å². The van der Waals surface area contributed by atoms with Crippen LogP contribution in [0.3, 0.4) is 0 Å². The van der Waals surface area contributed by atoms with Gasteiger partial charge in [0.1, 0.15) is 0 Å². The van der Waals surface area contributed by atoms with E-state index in [0.29, 0.717) is 5.92 Å². The lowest BCUT2D eigenvalue weighted by atomic mass is 9.64. The molecule has 0 fully saturated rings. The summed E-state index contributed by atoms with van der Waals surface area (Å²) in [6.45, 7) is 16.7. The molecule has 21 heavy (non-hydrogen) atoms. The van der Waals surface area contributed by atoms with Gasteiger partial charge in [0.05, 0.1) is 5.60 Å². The van der Waals surface area contributed by atoms with Crippen molar-refractivity contribution in [3.63, 3.8) is 0 Å². The lowest BCUT2D eigenvalue weighted by Crippen LogP contribution is -2.30. The Bertz CT molecular complexity index is 468. The van der Waals surface area contributed by atoms with E-state index < -0.39 is 5.60 Å². The summed E-state index contributed by atoms with van der Waals surface area (Å²) in [5, 5.41) is 10.1. The van der Waals surface area contributed by atoms with Crippen LogP contribution in [0.2, 0.25) is 0 Å². The summed E-state index contributed by atoms with van der Waals surface area (Å²) in [4.78, 5) is 0. The molecule has 118 valence electrons. The SMILES string of the molecule is C=CC(C)(O)/C=C/C1=C(C)CCC(CC=C(C)C)C1(C)C. The molecule has 0 saturated carbocycles. The molecule has 1 aliphatic rings. The second kappa shape index (κ2) is 6.79. The molecule has 0 spiro atoms. The van der Waals surface area contributed by atoms with Crippen molar-refractivity contribution in [1.82, 2.24) is 0 Å². The maximum atomic E-state index is 10.1. The van der Waals surface area contributed by atoms with E-state index >= 15 is 0 Å². The fourth-order valence-electron chi connectivity index (χ4n) is 3.12. The van der Waals surface area contributed by atoms with Crippen molar-refractivity contribution in [3.8, 4) is 0 Å². The molecule has 0 aromatic carbocycles. The highest BCUT2D eigenvalue weighted by Crippen LogP contribution is 2.47. The molecule has 1 N–H and O–H groups in total. The van der Waals surface area contributed by atoms with Crippen LogP contribution in [0, 0.1) is 11.3 Å². The summed E-state index contributed by atoms with van der Waals surface area (Å²) in [6.07, 6.45) is 11.5. The van der Waals surface area contributed by atoms with Gasteiger partial charge in [0.2, 0.25) is 0 Å². The fourth-order valence-corrected chi connectivity index (χ4v) is 3.12. The van der Waals surface area contributed by atoms with Crippen molar-refractivity contribution >= 4 is 0 Å². The largest absolute Gasteiger partial charge is 0.382 e. The van der Waals surface area contributed by atoms with Gasteiger partial charge in [0.15, 0.2) is 0 Å². The van der Waals surface area contributed by atoms with E-state index in [-0.39, 0.29) is 5.41 Å². The maximum absolute atomic E-state index is 10.1. The highest BCUT2D eigenvalue weighted by atomic mass is 16.3. The van der Waals surface area contributed by atoms with Crippen LogP contribution >= 0.6 is 0 Å². The fraction of sp³-hybridized carbons (Fsp3) is 0.600. The average molecular weight is 288 g/mol. The molecule has 1 rings (SSSR count). The lowest BCUT2D eigenvalue weighted by Gasteiger charge is -2.41. The third kappa shape index (κ3) is 4.71. The minimum absolute atomic E-state index is 0.141. The molecular formula is C20H32O. The number of allylic oxidation sites excluding steroid dienone is 5. The minimum atomic E-state index is -0.934. The van der Waals surface area contributed by atoms with Crippen LogP contribution in [0.5, 0.6) is 0 Å². The minimum Gasteiger partial charge on any atom is -0.382 e. The zero-order valence-corrected chi connectivity index (χ0v) is 14.7. The molecule has 0 aromatic heterocycles. The third-order valence-corrected chi connectivity index (χ3v) is 4.85. The van der Waals surface area contributed by atoms with E-state index in [1.807, 2.05) is 6.08 Å². The Balaban J connectivity index is 3.05. The van der Waals surface area contributed by atoms with Crippen LogP contribution < -0.4 is 0 Å². The summed E-state index contributed by atoms with van der Waals surface area (Å²) < 4.78 is 0. The Morgan fingerprint density at radius 2 is 2.05 bits per heavy atom. The highest BCUT2D eigenvalue weighted by Gasteiger charge is 2.35. The molecule has 1 nitrogen and oxygen atoms in total. The summed E-state index contributed by atoms with van der Waals surface area (Å²) >= 11 is 0. The molecule has 0 bridgehead atoms. The molecule has 2 unspecified atom stereocenters. The topological polar surface area (TPSA) is 20.2 Å². The predicted octanol–water partition coefficient (Wildman–Crippen LogP) is 5.59. The molecule has 0 aliphatic heterocycles. The van der Waals surface area contributed by atoms with Crippen molar-refractivity contribution in [2.75, 3.05) is 0 Å². The molecule has 2 atom stereocenters. The van der Waals surface area contributed by atoms with Gasteiger partial charge in [-0.2, -0.15) is 0 Å². The zero-order valence-electron chi connectivity index (χ0n) is 14.7. The van der Waals surface area contributed by atoms with Crippen molar-refractivity contribution in [3.05, 3.63) is 47.6 Å². The van der Waals surface area contributed by atoms with Gasteiger partial charge in [-0.05, 0) is 69.9 Å². The lowest BCUT2D eigenvalue weighted by molar-refractivity contribution is 0.164. The van der Waals surface area contributed by atoms with Crippen molar-refractivity contribution in [2.24, 2.45) is 11.3 Å². The second-order valence-corrected chi connectivity index (χ2v) is 7.43. The Morgan fingerprint density at radius 3 is 2.57 bits per heavy atom. The van der Waals surface area contributed by atoms with Gasteiger partial charge in [-0.3, -0.25) is 0 Å². The van der Waals surface area contributed by atoms with Gasteiger partial charge in [-0.15, -0.1) is 0 Å². The predicted molar refractivity (Wildman–Crippen MR) is 93.2 cm³/mol. The molecule has 0 aromatic rings. The van der Waals surface area contributed by atoms with Crippen molar-refractivity contribution in [2.45, 2.75) is 66.4 Å². The third-order valence-electron chi connectivity index (χ3n) is 4.85.